The highest BCUT2D eigenvalue weighted by Crippen LogP contribution is 2.32. The van der Waals surface area contributed by atoms with E-state index in [2.05, 4.69) is 24.1 Å². The fourth-order valence-electron chi connectivity index (χ4n) is 5.07. The summed E-state index contributed by atoms with van der Waals surface area (Å²) < 4.78 is 2.00. The van der Waals surface area contributed by atoms with E-state index >= 15 is 0 Å². The highest BCUT2D eigenvalue weighted by atomic mass is 16.2. The monoisotopic (exact) mass is 480 g/mol. The number of hydrogen-bond acceptors (Lipinski definition) is 5. The van der Waals surface area contributed by atoms with Crippen LogP contribution in [0.5, 0.6) is 0 Å². The molecule has 188 valence electrons. The first kappa shape index (κ1) is 24.9. The number of nitrogens with one attached hydrogen (secondary N) is 1. The average molecular weight is 481 g/mol. The lowest BCUT2D eigenvalue weighted by molar-refractivity contribution is -0.149. The van der Waals surface area contributed by atoms with Crippen molar-refractivity contribution in [2.24, 2.45) is 0 Å². The molecule has 3 amide bonds. The van der Waals surface area contributed by atoms with Crippen LogP contribution in [0.3, 0.4) is 0 Å². The Morgan fingerprint density at radius 1 is 1.17 bits per heavy atom. The Labute approximate surface area is 206 Å². The smallest absolute Gasteiger partial charge is 0.245 e. The second kappa shape index (κ2) is 10.2. The van der Waals surface area contributed by atoms with Crippen LogP contribution in [0, 0.1) is 0 Å². The topological polar surface area (TPSA) is 100 Å². The van der Waals surface area contributed by atoms with Crippen LogP contribution in [0.4, 0.5) is 0 Å². The molecule has 2 aromatic heterocycles. The first-order valence-corrected chi connectivity index (χ1v) is 12.6. The molecular weight excluding hydrogens is 444 g/mol. The maximum Gasteiger partial charge on any atom is 0.245 e. The van der Waals surface area contributed by atoms with Crippen molar-refractivity contribution in [2.75, 3.05) is 19.6 Å². The molecular formula is C26H36N6O3. The largest absolute Gasteiger partial charge is 0.352 e. The van der Waals surface area contributed by atoms with Crippen LogP contribution in [-0.4, -0.2) is 67.2 Å². The number of hydrogen-bond donors (Lipinski definition) is 1. The van der Waals surface area contributed by atoms with Crippen molar-refractivity contribution in [3.05, 3.63) is 42.1 Å². The second-order valence-electron chi connectivity index (χ2n) is 10.2. The molecule has 2 fully saturated rings. The Hall–Kier alpha value is -3.23. The van der Waals surface area contributed by atoms with Crippen molar-refractivity contribution in [3.63, 3.8) is 0 Å². The normalized spacial score (nSPS) is 19.8. The predicted molar refractivity (Wildman–Crippen MR) is 132 cm³/mol. The van der Waals surface area contributed by atoms with Gasteiger partial charge in [-0.05, 0) is 45.2 Å². The Kier molecular flexibility index (Phi) is 7.23. The van der Waals surface area contributed by atoms with Crippen molar-refractivity contribution in [2.45, 2.75) is 77.3 Å². The highest BCUT2D eigenvalue weighted by Gasteiger charge is 2.40. The molecule has 0 aliphatic carbocycles. The van der Waals surface area contributed by atoms with Gasteiger partial charge in [-0.1, -0.05) is 19.9 Å². The summed E-state index contributed by atoms with van der Waals surface area (Å²) in [5, 5.41) is 2.81. The molecule has 35 heavy (non-hydrogen) atoms. The number of imidazole rings is 1. The van der Waals surface area contributed by atoms with E-state index in [4.69, 9.17) is 4.98 Å². The third-order valence-corrected chi connectivity index (χ3v) is 7.04. The van der Waals surface area contributed by atoms with E-state index < -0.39 is 5.54 Å². The van der Waals surface area contributed by atoms with Gasteiger partial charge in [0.1, 0.15) is 17.2 Å². The number of carbonyl (C=O) groups is 3. The molecule has 0 spiro atoms. The zero-order valence-electron chi connectivity index (χ0n) is 21.2. The van der Waals surface area contributed by atoms with Crippen molar-refractivity contribution in [1.82, 2.24) is 29.7 Å². The van der Waals surface area contributed by atoms with Crippen LogP contribution in [0.15, 0.2) is 30.6 Å². The van der Waals surface area contributed by atoms with Crippen LogP contribution in [0.1, 0.15) is 83.3 Å². The van der Waals surface area contributed by atoms with E-state index in [1.807, 2.05) is 33.9 Å². The van der Waals surface area contributed by atoms with Crippen LogP contribution in [0.25, 0.3) is 5.82 Å². The Balaban J connectivity index is 1.38. The van der Waals surface area contributed by atoms with Crippen LogP contribution < -0.4 is 5.32 Å². The standard InChI is InChI=1S/C26H36N6O3/c1-18(2)24-27-13-16-31(24)21-10-5-8-19(29-21)20-9-7-15-30(20)22(33)11-6-12-23(34)32-17-14-28-25(35)26(32,3)4/h5,8,10,13,16,18,20H,6-7,9,11-12,14-15,17H2,1-4H3,(H,28,35)/t20-/m1/s1. The first-order valence-electron chi connectivity index (χ1n) is 12.6. The molecule has 1 N–H and O–H groups in total. The lowest BCUT2D eigenvalue weighted by Gasteiger charge is -2.41. The van der Waals surface area contributed by atoms with Gasteiger partial charge in [-0.25, -0.2) is 9.97 Å². The van der Waals surface area contributed by atoms with Crippen molar-refractivity contribution in [3.8, 4) is 5.82 Å². The summed E-state index contributed by atoms with van der Waals surface area (Å²) >= 11 is 0. The van der Waals surface area contributed by atoms with Gasteiger partial charge in [0.15, 0.2) is 0 Å². The lowest BCUT2D eigenvalue weighted by atomic mass is 9.98. The number of aromatic nitrogens is 3. The lowest BCUT2D eigenvalue weighted by Crippen LogP contribution is -2.63. The van der Waals surface area contributed by atoms with Crippen LogP contribution in [-0.2, 0) is 14.4 Å². The quantitative estimate of drug-likeness (QED) is 0.657. The fraction of sp³-hybridized carbons (Fsp3) is 0.577. The van der Waals surface area contributed by atoms with Crippen molar-refractivity contribution >= 4 is 17.7 Å². The molecule has 0 bridgehead atoms. The Morgan fingerprint density at radius 3 is 2.71 bits per heavy atom. The molecule has 2 aliphatic rings. The van der Waals surface area contributed by atoms with Crippen molar-refractivity contribution < 1.29 is 14.4 Å². The van der Waals surface area contributed by atoms with E-state index in [0.717, 1.165) is 30.2 Å². The predicted octanol–water partition coefficient (Wildman–Crippen LogP) is 2.96. The van der Waals surface area contributed by atoms with Gasteiger partial charge in [0, 0.05) is 50.8 Å². The molecule has 0 radical (unpaired) electrons. The molecule has 2 saturated heterocycles. The molecule has 1 atom stereocenters. The summed E-state index contributed by atoms with van der Waals surface area (Å²) in [6.07, 6.45) is 6.54. The van der Waals surface area contributed by atoms with E-state index in [0.29, 0.717) is 32.5 Å². The first-order chi connectivity index (χ1) is 16.7. The minimum Gasteiger partial charge on any atom is -0.352 e. The van der Waals surface area contributed by atoms with Gasteiger partial charge in [-0.15, -0.1) is 0 Å². The number of nitrogens with zero attached hydrogens (tertiary/aromatic N) is 5. The number of likely N-dealkylation sites (tertiary alicyclic amines) is 1. The van der Waals surface area contributed by atoms with Crippen molar-refractivity contribution in [1.29, 1.82) is 0 Å². The van der Waals surface area contributed by atoms with Gasteiger partial charge in [0.05, 0.1) is 11.7 Å². The molecule has 0 saturated carbocycles. The minimum absolute atomic E-state index is 0.0497. The summed E-state index contributed by atoms with van der Waals surface area (Å²) in [4.78, 5) is 50.9. The van der Waals surface area contributed by atoms with E-state index in [9.17, 15) is 14.4 Å². The number of amides is 3. The summed E-state index contributed by atoms with van der Waals surface area (Å²) in [6, 6.07) is 5.87. The van der Waals surface area contributed by atoms with E-state index in [1.54, 1.807) is 24.9 Å². The molecule has 4 heterocycles. The fourth-order valence-corrected chi connectivity index (χ4v) is 5.07. The van der Waals surface area contributed by atoms with Gasteiger partial charge < -0.3 is 15.1 Å². The molecule has 9 heteroatoms. The second-order valence-corrected chi connectivity index (χ2v) is 10.2. The molecule has 4 rings (SSSR count). The SMILES string of the molecule is CC(C)c1nccn1-c1cccc([C@H]2CCCN2C(=O)CCCC(=O)N2CCNC(=O)C2(C)C)n1. The van der Waals surface area contributed by atoms with Gasteiger partial charge in [0.25, 0.3) is 0 Å². The van der Waals surface area contributed by atoms with Gasteiger partial charge in [-0.3, -0.25) is 19.0 Å². The zero-order valence-corrected chi connectivity index (χ0v) is 21.2. The van der Waals surface area contributed by atoms with Crippen LogP contribution >= 0.6 is 0 Å². The average Bonchev–Trinajstić information content (AvgIpc) is 3.51. The summed E-state index contributed by atoms with van der Waals surface area (Å²) in [5.41, 5.74) is 0.0229. The maximum atomic E-state index is 13.1. The molecule has 0 unspecified atom stereocenters. The molecule has 9 nitrogen and oxygen atoms in total. The minimum atomic E-state index is -0.860. The summed E-state index contributed by atoms with van der Waals surface area (Å²) in [7, 11) is 0. The number of carbonyl (C=O) groups excluding carboxylic acids is 3. The number of pyridine rings is 1. The molecule has 0 aromatic carbocycles. The van der Waals surface area contributed by atoms with Crippen LogP contribution in [0.2, 0.25) is 0 Å². The van der Waals surface area contributed by atoms with E-state index in [1.165, 1.54) is 0 Å². The highest BCUT2D eigenvalue weighted by molar-refractivity contribution is 5.92. The Bertz CT molecular complexity index is 1090. The summed E-state index contributed by atoms with van der Waals surface area (Å²) in [5.74, 6) is 1.86. The summed E-state index contributed by atoms with van der Waals surface area (Å²) in [6.45, 7) is 9.38. The van der Waals surface area contributed by atoms with Gasteiger partial charge in [0.2, 0.25) is 17.7 Å². The van der Waals surface area contributed by atoms with Gasteiger partial charge in [-0.2, -0.15) is 0 Å². The molecule has 2 aliphatic heterocycles. The zero-order chi connectivity index (χ0) is 25.2. The van der Waals surface area contributed by atoms with E-state index in [-0.39, 0.29) is 36.1 Å². The maximum absolute atomic E-state index is 13.1. The number of piperazine rings is 1. The third-order valence-electron chi connectivity index (χ3n) is 7.04. The van der Waals surface area contributed by atoms with Gasteiger partial charge >= 0.3 is 0 Å². The third kappa shape index (κ3) is 5.09. The Morgan fingerprint density at radius 2 is 1.94 bits per heavy atom. The molecule has 2 aromatic rings. The number of rotatable bonds is 7.